The summed E-state index contributed by atoms with van der Waals surface area (Å²) in [5, 5.41) is 10.5. The smallest absolute Gasteiger partial charge is 0.0939 e. The fourth-order valence-electron chi connectivity index (χ4n) is 3.06. The Bertz CT molecular complexity index is 406. The molecule has 2 nitrogen and oxygen atoms in total. The summed E-state index contributed by atoms with van der Waals surface area (Å²) >= 11 is 0. The highest BCUT2D eigenvalue weighted by molar-refractivity contribution is 5.31. The van der Waals surface area contributed by atoms with Crippen LogP contribution in [-0.4, -0.2) is 23.9 Å². The van der Waals surface area contributed by atoms with Gasteiger partial charge in [-0.3, -0.25) is 0 Å². The molecule has 1 unspecified atom stereocenters. The number of benzene rings is 1. The highest BCUT2D eigenvalue weighted by Gasteiger charge is 2.40. The zero-order chi connectivity index (χ0) is 13.2. The van der Waals surface area contributed by atoms with E-state index in [9.17, 15) is 5.11 Å². The molecule has 0 spiro atoms. The number of rotatable bonds is 4. The maximum Gasteiger partial charge on any atom is 0.0939 e. The van der Waals surface area contributed by atoms with Crippen molar-refractivity contribution in [1.29, 1.82) is 0 Å². The van der Waals surface area contributed by atoms with Gasteiger partial charge in [-0.25, -0.2) is 0 Å². The summed E-state index contributed by atoms with van der Waals surface area (Å²) in [5.74, 6) is 0. The Morgan fingerprint density at radius 1 is 1.28 bits per heavy atom. The molecule has 18 heavy (non-hydrogen) atoms. The van der Waals surface area contributed by atoms with Crippen molar-refractivity contribution in [2.24, 2.45) is 0 Å². The van der Waals surface area contributed by atoms with E-state index in [1.54, 1.807) is 7.11 Å². The van der Waals surface area contributed by atoms with Crippen molar-refractivity contribution in [1.82, 2.24) is 0 Å². The second kappa shape index (κ2) is 5.41. The number of aliphatic hydroxyl groups is 1. The molecule has 1 aliphatic rings. The molecule has 0 amide bonds. The third kappa shape index (κ3) is 2.60. The van der Waals surface area contributed by atoms with Crippen LogP contribution in [0.1, 0.15) is 42.4 Å². The Hall–Kier alpha value is -0.860. The summed E-state index contributed by atoms with van der Waals surface area (Å²) in [6.07, 6.45) is 4.59. The molecule has 1 N–H and O–H groups in total. The topological polar surface area (TPSA) is 29.5 Å². The Morgan fingerprint density at radius 2 is 1.94 bits per heavy atom. The molecule has 1 atom stereocenters. The highest BCUT2D eigenvalue weighted by atomic mass is 16.5. The molecule has 1 aromatic rings. The first-order chi connectivity index (χ1) is 8.57. The van der Waals surface area contributed by atoms with E-state index in [1.807, 2.05) is 0 Å². The second-order valence-corrected chi connectivity index (χ2v) is 5.63. The van der Waals surface area contributed by atoms with Gasteiger partial charge >= 0.3 is 0 Å². The van der Waals surface area contributed by atoms with E-state index in [2.05, 4.69) is 32.0 Å². The zero-order valence-corrected chi connectivity index (χ0v) is 11.7. The predicted octanol–water partition coefficient (Wildman–Crippen LogP) is 3.17. The third-order valence-electron chi connectivity index (χ3n) is 4.38. The first kappa shape index (κ1) is 13.6. The Kier molecular flexibility index (Phi) is 4.08. The summed E-state index contributed by atoms with van der Waals surface area (Å²) in [4.78, 5) is 0. The quantitative estimate of drug-likeness (QED) is 0.887. The van der Waals surface area contributed by atoms with Gasteiger partial charge in [0.1, 0.15) is 0 Å². The van der Waals surface area contributed by atoms with Crippen molar-refractivity contribution in [3.8, 4) is 0 Å². The SMILES string of the molecule is COC1(C(O)Cc2cc(C)ccc2C)CCCC1. The number of hydrogen-bond acceptors (Lipinski definition) is 2. The molecule has 0 aromatic heterocycles. The molecule has 1 saturated carbocycles. The van der Waals surface area contributed by atoms with Gasteiger partial charge in [0.15, 0.2) is 0 Å². The molecule has 2 heteroatoms. The van der Waals surface area contributed by atoms with Crippen molar-refractivity contribution in [3.63, 3.8) is 0 Å². The lowest BCUT2D eigenvalue weighted by Gasteiger charge is -2.33. The molecule has 1 aliphatic carbocycles. The van der Waals surface area contributed by atoms with Gasteiger partial charge in [-0.05, 0) is 37.8 Å². The lowest BCUT2D eigenvalue weighted by molar-refractivity contribution is -0.0971. The molecule has 0 saturated heterocycles. The molecular weight excluding hydrogens is 224 g/mol. The Morgan fingerprint density at radius 3 is 2.56 bits per heavy atom. The van der Waals surface area contributed by atoms with Gasteiger partial charge in [0.2, 0.25) is 0 Å². The molecule has 0 radical (unpaired) electrons. The van der Waals surface area contributed by atoms with Crippen LogP contribution in [-0.2, 0) is 11.2 Å². The first-order valence-electron chi connectivity index (χ1n) is 6.87. The number of aliphatic hydroxyl groups excluding tert-OH is 1. The molecule has 2 rings (SSSR count). The van der Waals surface area contributed by atoms with Crippen LogP contribution in [0.2, 0.25) is 0 Å². The minimum absolute atomic E-state index is 0.309. The van der Waals surface area contributed by atoms with Gasteiger partial charge in [0, 0.05) is 13.5 Å². The van der Waals surface area contributed by atoms with Gasteiger partial charge < -0.3 is 9.84 Å². The summed E-state index contributed by atoms with van der Waals surface area (Å²) in [5.41, 5.74) is 3.44. The van der Waals surface area contributed by atoms with E-state index < -0.39 is 6.10 Å². The van der Waals surface area contributed by atoms with Crippen molar-refractivity contribution in [2.45, 2.75) is 57.7 Å². The van der Waals surface area contributed by atoms with Crippen molar-refractivity contribution in [3.05, 3.63) is 34.9 Å². The van der Waals surface area contributed by atoms with Crippen molar-refractivity contribution < 1.29 is 9.84 Å². The van der Waals surface area contributed by atoms with Crippen LogP contribution >= 0.6 is 0 Å². The summed E-state index contributed by atoms with van der Waals surface area (Å²) in [7, 11) is 1.73. The largest absolute Gasteiger partial charge is 0.390 e. The molecule has 0 heterocycles. The molecule has 100 valence electrons. The van der Waals surface area contributed by atoms with E-state index >= 15 is 0 Å². The van der Waals surface area contributed by atoms with Crippen LogP contribution in [0.3, 0.4) is 0 Å². The van der Waals surface area contributed by atoms with E-state index in [-0.39, 0.29) is 5.60 Å². The lowest BCUT2D eigenvalue weighted by atomic mass is 9.88. The third-order valence-corrected chi connectivity index (χ3v) is 4.38. The summed E-state index contributed by atoms with van der Waals surface area (Å²) < 4.78 is 5.65. The van der Waals surface area contributed by atoms with Crippen LogP contribution < -0.4 is 0 Å². The van der Waals surface area contributed by atoms with Gasteiger partial charge in [0.25, 0.3) is 0 Å². The summed E-state index contributed by atoms with van der Waals surface area (Å²) in [6.45, 7) is 4.20. The fourth-order valence-corrected chi connectivity index (χ4v) is 3.06. The van der Waals surface area contributed by atoms with Gasteiger partial charge in [0.05, 0.1) is 11.7 Å². The van der Waals surface area contributed by atoms with Crippen LogP contribution in [0.4, 0.5) is 0 Å². The van der Waals surface area contributed by atoms with E-state index in [0.29, 0.717) is 6.42 Å². The van der Waals surface area contributed by atoms with Gasteiger partial charge in [-0.1, -0.05) is 36.6 Å². The number of hydrogen-bond donors (Lipinski definition) is 1. The maximum atomic E-state index is 10.5. The minimum atomic E-state index is -0.398. The maximum absolute atomic E-state index is 10.5. The molecule has 0 bridgehead atoms. The molecule has 1 aromatic carbocycles. The molecular formula is C16H24O2. The van der Waals surface area contributed by atoms with E-state index in [1.165, 1.54) is 16.7 Å². The number of aryl methyl sites for hydroxylation is 2. The standard InChI is InChI=1S/C16H24O2/c1-12-6-7-13(2)14(10-12)11-15(17)16(18-3)8-4-5-9-16/h6-7,10,15,17H,4-5,8-9,11H2,1-3H3. The number of ether oxygens (including phenoxy) is 1. The molecule has 1 fully saturated rings. The monoisotopic (exact) mass is 248 g/mol. The van der Waals surface area contributed by atoms with Gasteiger partial charge in [-0.2, -0.15) is 0 Å². The van der Waals surface area contributed by atoms with Crippen LogP contribution in [0.5, 0.6) is 0 Å². The van der Waals surface area contributed by atoms with Crippen LogP contribution in [0.15, 0.2) is 18.2 Å². The van der Waals surface area contributed by atoms with Crippen LogP contribution in [0.25, 0.3) is 0 Å². The average Bonchev–Trinajstić information content (AvgIpc) is 2.84. The summed E-state index contributed by atoms with van der Waals surface area (Å²) in [6, 6.07) is 6.43. The van der Waals surface area contributed by atoms with E-state index in [0.717, 1.165) is 25.7 Å². The minimum Gasteiger partial charge on any atom is -0.390 e. The molecule has 0 aliphatic heterocycles. The van der Waals surface area contributed by atoms with Crippen LogP contribution in [0, 0.1) is 13.8 Å². The highest BCUT2D eigenvalue weighted by Crippen LogP contribution is 2.37. The second-order valence-electron chi connectivity index (χ2n) is 5.63. The fraction of sp³-hybridized carbons (Fsp3) is 0.625. The Balaban J connectivity index is 2.15. The normalized spacial score (nSPS) is 20.0. The average molecular weight is 248 g/mol. The predicted molar refractivity (Wildman–Crippen MR) is 73.8 cm³/mol. The Labute approximate surface area is 110 Å². The van der Waals surface area contributed by atoms with Gasteiger partial charge in [-0.15, -0.1) is 0 Å². The number of methoxy groups -OCH3 is 1. The van der Waals surface area contributed by atoms with Crippen molar-refractivity contribution in [2.75, 3.05) is 7.11 Å². The van der Waals surface area contributed by atoms with Crippen molar-refractivity contribution >= 4 is 0 Å². The zero-order valence-electron chi connectivity index (χ0n) is 11.7. The first-order valence-corrected chi connectivity index (χ1v) is 6.87. The van der Waals surface area contributed by atoms with E-state index in [4.69, 9.17) is 4.74 Å². The lowest BCUT2D eigenvalue weighted by Crippen LogP contribution is -2.43.